The lowest BCUT2D eigenvalue weighted by Crippen LogP contribution is -2.61. The van der Waals surface area contributed by atoms with Crippen LogP contribution >= 0.6 is 0 Å². The molecule has 1 nitrogen and oxygen atoms in total. The average Bonchev–Trinajstić information content (AvgIpc) is 2.53. The molecule has 118 valence electrons. The number of benzene rings is 2. The van der Waals surface area contributed by atoms with Gasteiger partial charge in [-0.2, -0.15) is 5.26 Å². The quantitative estimate of drug-likeness (QED) is 0.566. The Morgan fingerprint density at radius 3 is 1.57 bits per heavy atom. The summed E-state index contributed by atoms with van der Waals surface area (Å²) in [6.07, 6.45) is 4.23. The molecule has 0 fully saturated rings. The molecule has 0 bridgehead atoms. The summed E-state index contributed by atoms with van der Waals surface area (Å²) in [6.45, 7) is 12.5. The topological polar surface area (TPSA) is 23.8 Å². The van der Waals surface area contributed by atoms with Crippen molar-refractivity contribution < 1.29 is 0 Å². The number of nitrogens with zero attached hydrogens (tertiary/aromatic N) is 1. The molecule has 0 aliphatic heterocycles. The predicted octanol–water partition coefficient (Wildman–Crippen LogP) is 5.06. The fourth-order valence-corrected chi connectivity index (χ4v) is 7.27. The normalized spacial score (nSPS) is 12.3. The Hall–Kier alpha value is -1.90. The SMILES string of the molecule is C[Si](C)(C)[Si](C)(C)c1ccc(/C=C/c2ccc(C#N)cc2)cc1. The van der Waals surface area contributed by atoms with Crippen molar-refractivity contribution in [3.63, 3.8) is 0 Å². The number of hydrogen-bond acceptors (Lipinski definition) is 1. The van der Waals surface area contributed by atoms with Crippen LogP contribution in [0.25, 0.3) is 12.2 Å². The van der Waals surface area contributed by atoms with Crippen LogP contribution in [0.4, 0.5) is 0 Å². The lowest BCUT2D eigenvalue weighted by atomic mass is 10.1. The van der Waals surface area contributed by atoms with Gasteiger partial charge in [0.05, 0.1) is 19.2 Å². The molecule has 2 rings (SSSR count). The van der Waals surface area contributed by atoms with Gasteiger partial charge in [-0.25, -0.2) is 0 Å². The fourth-order valence-electron chi connectivity index (χ4n) is 2.31. The molecule has 0 aliphatic carbocycles. The van der Waals surface area contributed by atoms with Crippen molar-refractivity contribution in [2.24, 2.45) is 0 Å². The van der Waals surface area contributed by atoms with Crippen molar-refractivity contribution in [3.8, 4) is 6.07 Å². The molecule has 0 N–H and O–H groups in total. The van der Waals surface area contributed by atoms with E-state index >= 15 is 0 Å². The summed E-state index contributed by atoms with van der Waals surface area (Å²) in [5.74, 6) is 0. The number of rotatable bonds is 4. The van der Waals surface area contributed by atoms with Gasteiger partial charge in [0.15, 0.2) is 0 Å². The van der Waals surface area contributed by atoms with E-state index < -0.39 is 15.2 Å². The zero-order valence-corrected chi connectivity index (χ0v) is 16.7. The van der Waals surface area contributed by atoms with Crippen LogP contribution in [0.2, 0.25) is 32.7 Å². The average molecular weight is 336 g/mol. The molecule has 0 saturated carbocycles. The highest BCUT2D eigenvalue weighted by atomic mass is 29.3. The van der Waals surface area contributed by atoms with Crippen LogP contribution in [0.15, 0.2) is 48.5 Å². The van der Waals surface area contributed by atoms with E-state index in [1.807, 2.05) is 24.3 Å². The molecule has 0 saturated heterocycles. The summed E-state index contributed by atoms with van der Waals surface area (Å²) in [4.78, 5) is 0. The van der Waals surface area contributed by atoms with Crippen molar-refractivity contribution in [1.82, 2.24) is 0 Å². The van der Waals surface area contributed by atoms with Gasteiger partial charge in [-0.3, -0.25) is 0 Å². The Morgan fingerprint density at radius 2 is 1.17 bits per heavy atom. The summed E-state index contributed by atoms with van der Waals surface area (Å²) >= 11 is 0. The maximum atomic E-state index is 8.82. The lowest BCUT2D eigenvalue weighted by Gasteiger charge is -2.35. The highest BCUT2D eigenvalue weighted by Crippen LogP contribution is 2.19. The minimum absolute atomic E-state index is 0.699. The maximum absolute atomic E-state index is 8.82. The first kappa shape index (κ1) is 17.5. The second kappa shape index (κ2) is 6.70. The maximum Gasteiger partial charge on any atom is 0.0991 e. The highest BCUT2D eigenvalue weighted by molar-refractivity contribution is 7.45. The molecule has 2 aromatic rings. The van der Waals surface area contributed by atoms with Crippen molar-refractivity contribution in [1.29, 1.82) is 5.26 Å². The molecule has 0 spiro atoms. The molecule has 0 aliphatic rings. The lowest BCUT2D eigenvalue weighted by molar-refractivity contribution is 1.48. The van der Waals surface area contributed by atoms with E-state index in [9.17, 15) is 0 Å². The predicted molar refractivity (Wildman–Crippen MR) is 107 cm³/mol. The first-order valence-corrected chi connectivity index (χ1v) is 15.5. The van der Waals surface area contributed by atoms with Gasteiger partial charge >= 0.3 is 0 Å². The van der Waals surface area contributed by atoms with Crippen molar-refractivity contribution in [3.05, 3.63) is 65.2 Å². The van der Waals surface area contributed by atoms with E-state index in [1.54, 1.807) is 5.19 Å². The Bertz CT molecular complexity index is 727. The van der Waals surface area contributed by atoms with Gasteiger partial charge < -0.3 is 0 Å². The van der Waals surface area contributed by atoms with Crippen LogP contribution in [0.1, 0.15) is 16.7 Å². The van der Waals surface area contributed by atoms with Crippen molar-refractivity contribution in [2.75, 3.05) is 0 Å². The minimum Gasteiger partial charge on any atom is -0.192 e. The van der Waals surface area contributed by atoms with Crippen LogP contribution < -0.4 is 5.19 Å². The molecule has 23 heavy (non-hydrogen) atoms. The van der Waals surface area contributed by atoms with Gasteiger partial charge in [0.2, 0.25) is 0 Å². The van der Waals surface area contributed by atoms with Gasteiger partial charge in [0, 0.05) is 7.59 Å². The third-order valence-corrected chi connectivity index (χ3v) is 22.7. The summed E-state index contributed by atoms with van der Waals surface area (Å²) in [6, 6.07) is 18.9. The van der Waals surface area contributed by atoms with E-state index in [4.69, 9.17) is 5.26 Å². The molecular weight excluding hydrogens is 310 g/mol. The van der Waals surface area contributed by atoms with Gasteiger partial charge in [-0.15, -0.1) is 0 Å². The first-order valence-electron chi connectivity index (χ1n) is 8.03. The van der Waals surface area contributed by atoms with Gasteiger partial charge in [-0.05, 0) is 23.3 Å². The molecule has 0 radical (unpaired) electrons. The monoisotopic (exact) mass is 335 g/mol. The fraction of sp³-hybridized carbons (Fsp3) is 0.250. The van der Waals surface area contributed by atoms with Crippen LogP contribution in [0, 0.1) is 11.3 Å². The van der Waals surface area contributed by atoms with Crippen LogP contribution in [0.5, 0.6) is 0 Å². The molecule has 0 aromatic heterocycles. The van der Waals surface area contributed by atoms with Gasteiger partial charge in [0.1, 0.15) is 0 Å². The Balaban J connectivity index is 2.17. The van der Waals surface area contributed by atoms with Crippen LogP contribution in [-0.2, 0) is 0 Å². The van der Waals surface area contributed by atoms with E-state index in [0.29, 0.717) is 5.56 Å². The first-order chi connectivity index (χ1) is 10.7. The second-order valence-electron chi connectivity index (χ2n) is 7.56. The minimum atomic E-state index is -1.32. The van der Waals surface area contributed by atoms with E-state index in [2.05, 4.69) is 75.2 Å². The Labute approximate surface area is 142 Å². The summed E-state index contributed by atoms with van der Waals surface area (Å²) in [5.41, 5.74) is 3.04. The highest BCUT2D eigenvalue weighted by Gasteiger charge is 2.37. The van der Waals surface area contributed by atoms with E-state index in [-0.39, 0.29) is 0 Å². The van der Waals surface area contributed by atoms with Crippen LogP contribution in [-0.4, -0.2) is 15.2 Å². The van der Waals surface area contributed by atoms with E-state index in [0.717, 1.165) is 5.56 Å². The molecule has 3 heteroatoms. The van der Waals surface area contributed by atoms with Crippen molar-refractivity contribution >= 4 is 32.5 Å². The smallest absolute Gasteiger partial charge is 0.0991 e. The Kier molecular flexibility index (Phi) is 5.08. The second-order valence-corrected chi connectivity index (χ2v) is 24.1. The van der Waals surface area contributed by atoms with Gasteiger partial charge in [-0.1, -0.05) is 86.5 Å². The third kappa shape index (κ3) is 4.10. The van der Waals surface area contributed by atoms with Crippen molar-refractivity contribution in [2.45, 2.75) is 32.7 Å². The summed E-state index contributed by atoms with van der Waals surface area (Å²) in [7, 11) is -2.45. The molecular formula is C20H25NSi2. The molecule has 0 unspecified atom stereocenters. The molecule has 2 aromatic carbocycles. The standard InChI is InChI=1S/C20H25NSi2/c1-22(2,3)23(4,5)20-14-12-18(13-15-20)7-6-17-8-10-19(16-21)11-9-17/h6-15H,1-5H3/b7-6+. The third-order valence-electron chi connectivity index (χ3n) is 5.02. The Morgan fingerprint density at radius 1 is 0.739 bits per heavy atom. The van der Waals surface area contributed by atoms with Gasteiger partial charge in [0.25, 0.3) is 0 Å². The van der Waals surface area contributed by atoms with Crippen LogP contribution in [0.3, 0.4) is 0 Å². The van der Waals surface area contributed by atoms with E-state index in [1.165, 1.54) is 5.56 Å². The largest absolute Gasteiger partial charge is 0.192 e. The molecule has 0 amide bonds. The summed E-state index contributed by atoms with van der Waals surface area (Å²) < 4.78 is 0. The zero-order valence-electron chi connectivity index (χ0n) is 14.7. The zero-order chi connectivity index (χ0) is 17.1. The molecule has 0 heterocycles. The number of nitriles is 1. The molecule has 0 atom stereocenters. The number of hydrogen-bond donors (Lipinski definition) is 0. The summed E-state index contributed by atoms with van der Waals surface area (Å²) in [5, 5.41) is 10.4.